The van der Waals surface area contributed by atoms with Gasteiger partial charge in [-0.15, -0.1) is 0 Å². The molecule has 2 heterocycles. The number of rotatable bonds is 4. The molecule has 2 fully saturated rings. The van der Waals surface area contributed by atoms with Crippen LogP contribution in [0.15, 0.2) is 18.2 Å². The predicted octanol–water partition coefficient (Wildman–Crippen LogP) is 3.12. The minimum absolute atomic E-state index is 0.837. The van der Waals surface area contributed by atoms with Crippen LogP contribution in [0.4, 0.5) is 5.69 Å². The summed E-state index contributed by atoms with van der Waals surface area (Å²) in [7, 11) is 0. The zero-order valence-electron chi connectivity index (χ0n) is 13.1. The first-order valence-electron chi connectivity index (χ1n) is 8.29. The van der Waals surface area contributed by atoms with Crippen molar-refractivity contribution in [3.05, 3.63) is 29.3 Å². The lowest BCUT2D eigenvalue weighted by Gasteiger charge is -2.35. The number of anilines is 1. The first-order valence-corrected chi connectivity index (χ1v) is 8.29. The van der Waals surface area contributed by atoms with E-state index in [-0.39, 0.29) is 0 Å². The first kappa shape index (κ1) is 14.6. The van der Waals surface area contributed by atoms with Crippen LogP contribution in [-0.4, -0.2) is 43.9 Å². The van der Waals surface area contributed by atoms with Crippen LogP contribution in [0.5, 0.6) is 0 Å². The number of benzene rings is 1. The number of carbonyl (C=O) groups excluding carboxylic acids is 1. The minimum atomic E-state index is 0.837. The van der Waals surface area contributed by atoms with Gasteiger partial charge in [-0.05, 0) is 63.7 Å². The molecule has 1 aromatic carbocycles. The first-order chi connectivity index (χ1) is 10.3. The van der Waals surface area contributed by atoms with Crippen LogP contribution in [0.25, 0.3) is 0 Å². The van der Waals surface area contributed by atoms with E-state index in [1.807, 2.05) is 13.0 Å². The van der Waals surface area contributed by atoms with E-state index in [4.69, 9.17) is 0 Å². The molecule has 2 saturated heterocycles. The van der Waals surface area contributed by atoms with Crippen LogP contribution in [0.2, 0.25) is 0 Å². The van der Waals surface area contributed by atoms with E-state index in [2.05, 4.69) is 21.9 Å². The SMILES string of the molecule is Cc1ccc(N2CCC(CN3CCCC3)CC2)c(C=O)c1. The molecular formula is C18H26N2O. The average molecular weight is 286 g/mol. The second kappa shape index (κ2) is 6.61. The summed E-state index contributed by atoms with van der Waals surface area (Å²) in [5.41, 5.74) is 3.12. The lowest BCUT2D eigenvalue weighted by Crippen LogP contribution is -2.38. The largest absolute Gasteiger partial charge is 0.371 e. The van der Waals surface area contributed by atoms with Crippen molar-refractivity contribution >= 4 is 12.0 Å². The molecule has 3 heteroatoms. The van der Waals surface area contributed by atoms with Crippen molar-refractivity contribution in [2.45, 2.75) is 32.6 Å². The van der Waals surface area contributed by atoms with Crippen LogP contribution in [0.3, 0.4) is 0 Å². The summed E-state index contributed by atoms with van der Waals surface area (Å²) in [6.45, 7) is 8.09. The van der Waals surface area contributed by atoms with E-state index < -0.39 is 0 Å². The number of carbonyl (C=O) groups is 1. The maximum Gasteiger partial charge on any atom is 0.152 e. The molecule has 1 aromatic rings. The molecule has 0 unspecified atom stereocenters. The van der Waals surface area contributed by atoms with Crippen LogP contribution in [-0.2, 0) is 0 Å². The number of piperidine rings is 1. The fraction of sp³-hybridized carbons (Fsp3) is 0.611. The molecule has 0 atom stereocenters. The average Bonchev–Trinajstić information content (AvgIpc) is 3.01. The van der Waals surface area contributed by atoms with Crippen molar-refractivity contribution in [1.29, 1.82) is 0 Å². The molecule has 114 valence electrons. The van der Waals surface area contributed by atoms with Gasteiger partial charge in [0.25, 0.3) is 0 Å². The van der Waals surface area contributed by atoms with Crippen molar-refractivity contribution < 1.29 is 4.79 Å². The Morgan fingerprint density at radius 2 is 1.86 bits per heavy atom. The molecule has 0 radical (unpaired) electrons. The Hall–Kier alpha value is -1.35. The Bertz CT molecular complexity index is 486. The molecule has 0 aromatic heterocycles. The maximum absolute atomic E-state index is 11.3. The molecule has 3 nitrogen and oxygen atoms in total. The summed E-state index contributed by atoms with van der Waals surface area (Å²) in [4.78, 5) is 16.3. The zero-order chi connectivity index (χ0) is 14.7. The van der Waals surface area contributed by atoms with E-state index >= 15 is 0 Å². The molecule has 0 aliphatic carbocycles. The molecule has 2 aliphatic heterocycles. The van der Waals surface area contributed by atoms with Gasteiger partial charge >= 0.3 is 0 Å². The Morgan fingerprint density at radius 3 is 2.52 bits per heavy atom. The second-order valence-electron chi connectivity index (χ2n) is 6.62. The van der Waals surface area contributed by atoms with E-state index in [0.717, 1.165) is 42.1 Å². The number of aryl methyl sites for hydroxylation is 1. The highest BCUT2D eigenvalue weighted by atomic mass is 16.1. The number of hydrogen-bond donors (Lipinski definition) is 0. The third-order valence-electron chi connectivity index (χ3n) is 4.98. The number of nitrogens with zero attached hydrogens (tertiary/aromatic N) is 2. The lowest BCUT2D eigenvalue weighted by atomic mass is 9.95. The highest BCUT2D eigenvalue weighted by molar-refractivity contribution is 5.85. The van der Waals surface area contributed by atoms with Crippen molar-refractivity contribution in [1.82, 2.24) is 4.90 Å². The summed E-state index contributed by atoms with van der Waals surface area (Å²) in [5, 5.41) is 0. The van der Waals surface area contributed by atoms with Gasteiger partial charge in [0, 0.05) is 30.9 Å². The molecule has 0 saturated carbocycles. The molecule has 0 N–H and O–H groups in total. The number of likely N-dealkylation sites (tertiary alicyclic amines) is 1. The summed E-state index contributed by atoms with van der Waals surface area (Å²) in [5.74, 6) is 0.837. The molecule has 0 spiro atoms. The quantitative estimate of drug-likeness (QED) is 0.795. The van der Waals surface area contributed by atoms with E-state index in [0.29, 0.717) is 0 Å². The van der Waals surface area contributed by atoms with Gasteiger partial charge in [-0.1, -0.05) is 11.6 Å². The van der Waals surface area contributed by atoms with Crippen LogP contribution >= 0.6 is 0 Å². The normalized spacial score (nSPS) is 20.9. The molecule has 0 bridgehead atoms. The third-order valence-corrected chi connectivity index (χ3v) is 4.98. The molecule has 21 heavy (non-hydrogen) atoms. The molecule has 2 aliphatic rings. The smallest absolute Gasteiger partial charge is 0.152 e. The van der Waals surface area contributed by atoms with Gasteiger partial charge in [-0.25, -0.2) is 0 Å². The van der Waals surface area contributed by atoms with Crippen molar-refractivity contribution in [2.75, 3.05) is 37.6 Å². The molecular weight excluding hydrogens is 260 g/mol. The highest BCUT2D eigenvalue weighted by Gasteiger charge is 2.23. The molecule has 3 rings (SSSR count). The van der Waals surface area contributed by atoms with Gasteiger partial charge in [0.1, 0.15) is 0 Å². The van der Waals surface area contributed by atoms with Gasteiger partial charge in [-0.3, -0.25) is 4.79 Å². The third kappa shape index (κ3) is 3.46. The zero-order valence-corrected chi connectivity index (χ0v) is 13.1. The fourth-order valence-electron chi connectivity index (χ4n) is 3.74. The van der Waals surface area contributed by atoms with E-state index in [1.54, 1.807) is 0 Å². The van der Waals surface area contributed by atoms with Gasteiger partial charge in [0.15, 0.2) is 6.29 Å². The van der Waals surface area contributed by atoms with Gasteiger partial charge in [0.2, 0.25) is 0 Å². The van der Waals surface area contributed by atoms with Gasteiger partial charge in [0.05, 0.1) is 0 Å². The fourth-order valence-corrected chi connectivity index (χ4v) is 3.74. The standard InChI is InChI=1S/C18H26N2O/c1-15-4-5-18(17(12-15)14-21)20-10-6-16(7-11-20)13-19-8-2-3-9-19/h4-5,12,14,16H,2-3,6-11,13H2,1H3. The molecule has 0 amide bonds. The van der Waals surface area contributed by atoms with Crippen LogP contribution < -0.4 is 4.90 Å². The summed E-state index contributed by atoms with van der Waals surface area (Å²) in [6.07, 6.45) is 6.26. The highest BCUT2D eigenvalue weighted by Crippen LogP contribution is 2.27. The Labute approximate surface area is 127 Å². The summed E-state index contributed by atoms with van der Waals surface area (Å²) < 4.78 is 0. The number of aldehydes is 1. The van der Waals surface area contributed by atoms with E-state index in [1.165, 1.54) is 45.3 Å². The van der Waals surface area contributed by atoms with E-state index in [9.17, 15) is 4.79 Å². The van der Waals surface area contributed by atoms with Crippen LogP contribution in [0, 0.1) is 12.8 Å². The Balaban J connectivity index is 1.59. The Morgan fingerprint density at radius 1 is 1.14 bits per heavy atom. The van der Waals surface area contributed by atoms with Crippen molar-refractivity contribution in [2.24, 2.45) is 5.92 Å². The van der Waals surface area contributed by atoms with Gasteiger partial charge in [-0.2, -0.15) is 0 Å². The summed E-state index contributed by atoms with van der Waals surface area (Å²) >= 11 is 0. The second-order valence-corrected chi connectivity index (χ2v) is 6.62. The monoisotopic (exact) mass is 286 g/mol. The minimum Gasteiger partial charge on any atom is -0.371 e. The van der Waals surface area contributed by atoms with Gasteiger partial charge < -0.3 is 9.80 Å². The Kier molecular flexibility index (Phi) is 4.59. The summed E-state index contributed by atoms with van der Waals surface area (Å²) in [6, 6.07) is 6.22. The van der Waals surface area contributed by atoms with Crippen molar-refractivity contribution in [3.63, 3.8) is 0 Å². The predicted molar refractivity (Wildman–Crippen MR) is 87.2 cm³/mol. The lowest BCUT2D eigenvalue weighted by molar-refractivity contribution is 0.112. The van der Waals surface area contributed by atoms with Crippen molar-refractivity contribution in [3.8, 4) is 0 Å². The topological polar surface area (TPSA) is 23.6 Å². The maximum atomic E-state index is 11.3. The number of hydrogen-bond acceptors (Lipinski definition) is 3. The van der Waals surface area contributed by atoms with Crippen LogP contribution in [0.1, 0.15) is 41.6 Å².